The van der Waals surface area contributed by atoms with Crippen LogP contribution in [0.3, 0.4) is 0 Å². The van der Waals surface area contributed by atoms with E-state index in [1.807, 2.05) is 0 Å². The lowest BCUT2D eigenvalue weighted by Gasteiger charge is -2.12. The van der Waals surface area contributed by atoms with Crippen LogP contribution in [0.2, 0.25) is 0 Å². The van der Waals surface area contributed by atoms with Gasteiger partial charge in [0.1, 0.15) is 0 Å². The lowest BCUT2D eigenvalue weighted by Crippen LogP contribution is -2.19. The summed E-state index contributed by atoms with van der Waals surface area (Å²) in [6.07, 6.45) is -4.30. The number of primary amides is 1. The monoisotopic (exact) mass is 369 g/mol. The highest BCUT2D eigenvalue weighted by Crippen LogP contribution is 2.32. The largest absolute Gasteiger partial charge is 0.398 e. The molecule has 0 saturated carbocycles. The van der Waals surface area contributed by atoms with E-state index in [1.165, 1.54) is 36.4 Å². The van der Waals surface area contributed by atoms with Crippen LogP contribution in [0, 0.1) is 0 Å². The number of anilines is 2. The van der Waals surface area contributed by atoms with Gasteiger partial charge in [0, 0.05) is 16.1 Å². The van der Waals surface area contributed by atoms with Crippen molar-refractivity contribution < 1.29 is 22.8 Å². The summed E-state index contributed by atoms with van der Waals surface area (Å²) in [5, 5.41) is 4.94. The number of benzene rings is 2. The number of urea groups is 1. The molecule has 0 saturated heterocycles. The molecule has 4 N–H and O–H groups in total. The zero-order valence-corrected chi connectivity index (χ0v) is 13.6. The van der Waals surface area contributed by atoms with Gasteiger partial charge in [-0.3, -0.25) is 4.79 Å². The summed E-state index contributed by atoms with van der Waals surface area (Å²) >= 11 is 0.599. The second-order valence-electron chi connectivity index (χ2n) is 4.92. The minimum absolute atomic E-state index is 0.283. The van der Waals surface area contributed by atoms with E-state index in [4.69, 9.17) is 5.73 Å². The molecule has 0 radical (unpaired) electrons. The molecule has 0 bridgehead atoms. The zero-order chi connectivity index (χ0) is 18.4. The second-order valence-corrected chi connectivity index (χ2v) is 5.94. The van der Waals surface area contributed by atoms with Crippen molar-refractivity contribution in [3.8, 4) is 0 Å². The van der Waals surface area contributed by atoms with Crippen LogP contribution in [0.1, 0.15) is 10.4 Å². The first-order valence-electron chi connectivity index (χ1n) is 7.01. The first kappa shape index (κ1) is 18.7. The smallest absolute Gasteiger partial charge is 0.351 e. The Kier molecular flexibility index (Phi) is 5.92. The molecule has 0 aliphatic carbocycles. The minimum atomic E-state index is -4.30. The highest BCUT2D eigenvalue weighted by Gasteiger charge is 2.27. The minimum Gasteiger partial charge on any atom is -0.351 e. The van der Waals surface area contributed by atoms with Crippen molar-refractivity contribution in [1.29, 1.82) is 0 Å². The Morgan fingerprint density at radius 3 is 2.24 bits per heavy atom. The van der Waals surface area contributed by atoms with E-state index >= 15 is 0 Å². The van der Waals surface area contributed by atoms with Crippen molar-refractivity contribution in [2.24, 2.45) is 5.73 Å². The second kappa shape index (κ2) is 7.93. The third kappa shape index (κ3) is 6.03. The predicted octanol–water partition coefficient (Wildman–Crippen LogP) is 4.08. The maximum absolute atomic E-state index is 12.4. The fraction of sp³-hybridized carbons (Fsp3) is 0.125. The van der Waals surface area contributed by atoms with Crippen molar-refractivity contribution in [3.05, 3.63) is 54.1 Å². The molecule has 0 spiro atoms. The SMILES string of the molecule is NC(=O)Nc1ccc(C(=O)Nc2ccccc2SCC(F)(F)F)cc1. The fourth-order valence-corrected chi connectivity index (χ4v) is 2.67. The molecule has 3 amide bonds. The topological polar surface area (TPSA) is 84.2 Å². The summed E-state index contributed by atoms with van der Waals surface area (Å²) in [5.74, 6) is -1.53. The molecule has 25 heavy (non-hydrogen) atoms. The van der Waals surface area contributed by atoms with Crippen molar-refractivity contribution in [2.45, 2.75) is 11.1 Å². The van der Waals surface area contributed by atoms with Crippen LogP contribution in [0.5, 0.6) is 0 Å². The average molecular weight is 369 g/mol. The molecule has 2 aromatic rings. The van der Waals surface area contributed by atoms with Gasteiger partial charge in [0.25, 0.3) is 5.91 Å². The number of alkyl halides is 3. The van der Waals surface area contributed by atoms with Gasteiger partial charge in [-0.05, 0) is 36.4 Å². The number of halogens is 3. The van der Waals surface area contributed by atoms with Gasteiger partial charge in [0.15, 0.2) is 0 Å². The molecule has 2 rings (SSSR count). The van der Waals surface area contributed by atoms with E-state index in [9.17, 15) is 22.8 Å². The molecule has 0 aliphatic heterocycles. The van der Waals surface area contributed by atoms with E-state index in [2.05, 4.69) is 10.6 Å². The number of nitrogens with two attached hydrogens (primary N) is 1. The Morgan fingerprint density at radius 2 is 1.64 bits per heavy atom. The molecule has 9 heteroatoms. The lowest BCUT2D eigenvalue weighted by atomic mass is 10.2. The predicted molar refractivity (Wildman–Crippen MR) is 90.8 cm³/mol. The first-order valence-corrected chi connectivity index (χ1v) is 7.99. The van der Waals surface area contributed by atoms with Crippen molar-refractivity contribution in [2.75, 3.05) is 16.4 Å². The summed E-state index contributed by atoms with van der Waals surface area (Å²) < 4.78 is 37.1. The Morgan fingerprint density at radius 1 is 1.00 bits per heavy atom. The molecule has 0 heterocycles. The number of para-hydroxylation sites is 1. The number of rotatable bonds is 5. The number of carbonyl (C=O) groups is 2. The van der Waals surface area contributed by atoms with E-state index in [0.29, 0.717) is 28.0 Å². The van der Waals surface area contributed by atoms with Gasteiger partial charge in [-0.1, -0.05) is 12.1 Å². The summed E-state index contributed by atoms with van der Waals surface area (Å²) in [7, 11) is 0. The van der Waals surface area contributed by atoms with Crippen LogP contribution in [0.4, 0.5) is 29.3 Å². The molecular weight excluding hydrogens is 355 g/mol. The van der Waals surface area contributed by atoms with Gasteiger partial charge in [-0.25, -0.2) is 4.79 Å². The number of thioether (sulfide) groups is 1. The van der Waals surface area contributed by atoms with Crippen LogP contribution in [0.25, 0.3) is 0 Å². The van der Waals surface area contributed by atoms with Gasteiger partial charge in [0.2, 0.25) is 0 Å². The average Bonchev–Trinajstić information content (AvgIpc) is 2.53. The van der Waals surface area contributed by atoms with Gasteiger partial charge >= 0.3 is 12.2 Å². The summed E-state index contributed by atoms with van der Waals surface area (Å²) in [4.78, 5) is 23.3. The van der Waals surface area contributed by atoms with Crippen LogP contribution in [0.15, 0.2) is 53.4 Å². The number of nitrogens with one attached hydrogen (secondary N) is 2. The Bertz CT molecular complexity index is 764. The number of amides is 3. The molecule has 5 nitrogen and oxygen atoms in total. The first-order chi connectivity index (χ1) is 11.7. The zero-order valence-electron chi connectivity index (χ0n) is 12.8. The lowest BCUT2D eigenvalue weighted by molar-refractivity contribution is -0.105. The van der Waals surface area contributed by atoms with Crippen molar-refractivity contribution in [1.82, 2.24) is 0 Å². The summed E-state index contributed by atoms with van der Waals surface area (Å²) in [6, 6.07) is 11.4. The van der Waals surface area contributed by atoms with Crippen LogP contribution < -0.4 is 16.4 Å². The normalized spacial score (nSPS) is 11.0. The third-order valence-corrected chi connectivity index (χ3v) is 4.08. The molecule has 0 unspecified atom stereocenters. The Hall–Kier alpha value is -2.68. The molecule has 2 aromatic carbocycles. The Labute approximate surface area is 145 Å². The van der Waals surface area contributed by atoms with Crippen molar-refractivity contribution in [3.63, 3.8) is 0 Å². The fourth-order valence-electron chi connectivity index (χ4n) is 1.90. The molecule has 0 atom stereocenters. The van der Waals surface area contributed by atoms with Gasteiger partial charge in [-0.2, -0.15) is 13.2 Å². The van der Waals surface area contributed by atoms with E-state index in [0.717, 1.165) is 0 Å². The van der Waals surface area contributed by atoms with E-state index in [-0.39, 0.29) is 5.56 Å². The Balaban J connectivity index is 2.08. The van der Waals surface area contributed by atoms with Crippen LogP contribution >= 0.6 is 11.8 Å². The van der Waals surface area contributed by atoms with E-state index in [1.54, 1.807) is 12.1 Å². The highest BCUT2D eigenvalue weighted by atomic mass is 32.2. The number of carbonyl (C=O) groups excluding carboxylic acids is 2. The molecule has 0 fully saturated rings. The van der Waals surface area contributed by atoms with Crippen molar-refractivity contribution >= 4 is 35.1 Å². The number of hydrogen-bond donors (Lipinski definition) is 3. The maximum Gasteiger partial charge on any atom is 0.398 e. The molecule has 132 valence electrons. The van der Waals surface area contributed by atoms with Gasteiger partial charge in [-0.15, -0.1) is 11.8 Å². The van der Waals surface area contributed by atoms with Gasteiger partial charge in [0.05, 0.1) is 11.4 Å². The molecule has 0 aliphatic rings. The standard InChI is InChI=1S/C16H14F3N3O2S/c17-16(18,19)9-25-13-4-2-1-3-12(13)22-14(23)10-5-7-11(8-6-10)21-15(20)24/h1-8H,9H2,(H,22,23)(H3,20,21,24). The third-order valence-electron chi connectivity index (χ3n) is 2.94. The molecular formula is C16H14F3N3O2S. The highest BCUT2D eigenvalue weighted by molar-refractivity contribution is 7.99. The number of hydrogen-bond acceptors (Lipinski definition) is 3. The van der Waals surface area contributed by atoms with Crippen LogP contribution in [-0.4, -0.2) is 23.9 Å². The maximum atomic E-state index is 12.4. The van der Waals surface area contributed by atoms with Crippen LogP contribution in [-0.2, 0) is 0 Å². The van der Waals surface area contributed by atoms with Gasteiger partial charge < -0.3 is 16.4 Å². The summed E-state index contributed by atoms with van der Waals surface area (Å²) in [5.41, 5.74) is 5.99. The molecule has 0 aromatic heterocycles. The quantitative estimate of drug-likeness (QED) is 0.694. The summed E-state index contributed by atoms with van der Waals surface area (Å²) in [6.45, 7) is 0. The van der Waals surface area contributed by atoms with E-state index < -0.39 is 23.9 Å².